The van der Waals surface area contributed by atoms with Gasteiger partial charge in [0.2, 0.25) is 0 Å². The molecule has 2 aliphatic heterocycles. The molecule has 12 nitrogen and oxygen atoms in total. The summed E-state index contributed by atoms with van der Waals surface area (Å²) in [5.74, 6) is -1.84. The molecule has 0 aromatic heterocycles. The average Bonchev–Trinajstić information content (AvgIpc) is 2.58. The van der Waals surface area contributed by atoms with Crippen molar-refractivity contribution in [3.05, 3.63) is 5.73 Å². The topological polar surface area (TPSA) is 202 Å². The standard InChI is InChI=1S/C13H22NO11.Y/c1-22-12-4(14)5(16)9(3(2-15)23-12)24-13-8(19)6(17)7(18)10(25-13)11(20)21;/h3-10,12-19H,2H2,1H3,(H,20,21);/q-1;/p-1/t3?,4?,5?,6-,7+,8?,9+,10?,12-,13+;/m0./s1. The van der Waals surface area contributed by atoms with Crippen LogP contribution in [-0.2, 0) is 56.5 Å². The van der Waals surface area contributed by atoms with Crippen molar-refractivity contribution in [2.45, 2.75) is 61.3 Å². The number of aliphatic hydroxyl groups is 5. The summed E-state index contributed by atoms with van der Waals surface area (Å²) in [6.45, 7) is -0.647. The van der Waals surface area contributed by atoms with Crippen molar-refractivity contribution in [3.63, 3.8) is 0 Å². The SMILES string of the molecule is CO[C@H]1OC(CO)[C@@H](O[C@@H]2OC(C(=O)[O-])[C@H](O)[C@H](O)C2O)C(O)C1[NH-].[Y]. The molecule has 0 aromatic rings. The van der Waals surface area contributed by atoms with E-state index < -0.39 is 73.9 Å². The summed E-state index contributed by atoms with van der Waals surface area (Å²) >= 11 is 0. The van der Waals surface area contributed by atoms with Gasteiger partial charge in [-0.1, -0.05) is 6.04 Å². The van der Waals surface area contributed by atoms with Crippen LogP contribution >= 0.6 is 0 Å². The molecule has 6 N–H and O–H groups in total. The zero-order chi connectivity index (χ0) is 18.9. The van der Waals surface area contributed by atoms with Gasteiger partial charge in [-0.05, 0) is 0 Å². The van der Waals surface area contributed by atoms with Gasteiger partial charge in [-0.2, -0.15) is 0 Å². The molecule has 0 aliphatic carbocycles. The molecule has 0 saturated carbocycles. The van der Waals surface area contributed by atoms with Crippen molar-refractivity contribution in [1.82, 2.24) is 0 Å². The zero-order valence-corrected chi connectivity index (χ0v) is 16.6. The molecule has 0 bridgehead atoms. The quantitative estimate of drug-likeness (QED) is 0.265. The van der Waals surface area contributed by atoms with Crippen molar-refractivity contribution in [1.29, 1.82) is 0 Å². The molecule has 2 rings (SSSR count). The molecule has 0 spiro atoms. The van der Waals surface area contributed by atoms with Crippen LogP contribution < -0.4 is 5.11 Å². The van der Waals surface area contributed by atoms with Gasteiger partial charge in [-0.15, -0.1) is 0 Å². The Morgan fingerprint density at radius 3 is 2.19 bits per heavy atom. The molecule has 2 aliphatic rings. The van der Waals surface area contributed by atoms with E-state index in [-0.39, 0.29) is 32.7 Å². The summed E-state index contributed by atoms with van der Waals surface area (Å²) in [7, 11) is 1.24. The van der Waals surface area contributed by atoms with Crippen LogP contribution in [0.5, 0.6) is 0 Å². The fourth-order valence-electron chi connectivity index (χ4n) is 2.75. The number of carbonyl (C=O) groups is 1. The van der Waals surface area contributed by atoms with Crippen LogP contribution in [0.1, 0.15) is 0 Å². The van der Waals surface area contributed by atoms with Gasteiger partial charge in [0.05, 0.1) is 18.7 Å². The van der Waals surface area contributed by atoms with Gasteiger partial charge in [0.15, 0.2) is 6.29 Å². The molecule has 1 radical (unpaired) electrons. The Morgan fingerprint density at radius 1 is 1.08 bits per heavy atom. The molecule has 2 heterocycles. The van der Waals surface area contributed by atoms with E-state index in [4.69, 9.17) is 24.7 Å². The van der Waals surface area contributed by atoms with E-state index in [0.29, 0.717) is 0 Å². The Hall–Kier alpha value is 0.174. The number of carboxylic acids is 1. The number of hydrogen-bond donors (Lipinski definition) is 5. The maximum atomic E-state index is 11.0. The molecular weight excluding hydrogens is 435 g/mol. The van der Waals surface area contributed by atoms with Gasteiger partial charge in [0.1, 0.15) is 42.9 Å². The van der Waals surface area contributed by atoms with Crippen molar-refractivity contribution >= 4 is 5.97 Å². The fraction of sp³-hybridized carbons (Fsp3) is 0.923. The number of aliphatic hydroxyl groups excluding tert-OH is 5. The predicted octanol–water partition coefficient (Wildman–Crippen LogP) is -4.93. The van der Waals surface area contributed by atoms with Crippen molar-refractivity contribution in [2.75, 3.05) is 13.7 Å². The molecule has 0 amide bonds. The largest absolute Gasteiger partial charge is 0.668 e. The second kappa shape index (κ2) is 10.1. The third-order valence-electron chi connectivity index (χ3n) is 4.18. The third-order valence-corrected chi connectivity index (χ3v) is 4.18. The summed E-state index contributed by atoms with van der Waals surface area (Å²) in [6, 6.07) is -1.33. The molecule has 0 aromatic carbocycles. The van der Waals surface area contributed by atoms with Crippen LogP contribution in [0.25, 0.3) is 5.73 Å². The minimum atomic E-state index is -1.99. The van der Waals surface area contributed by atoms with Crippen LogP contribution in [0.3, 0.4) is 0 Å². The van der Waals surface area contributed by atoms with E-state index in [0.717, 1.165) is 0 Å². The fourth-order valence-corrected chi connectivity index (χ4v) is 2.75. The molecule has 149 valence electrons. The Kier molecular flexibility index (Phi) is 9.40. The molecule has 2 saturated heterocycles. The van der Waals surface area contributed by atoms with Gasteiger partial charge in [-0.25, -0.2) is 0 Å². The minimum Gasteiger partial charge on any atom is -0.668 e. The first-order valence-electron chi connectivity index (χ1n) is 7.47. The summed E-state index contributed by atoms with van der Waals surface area (Å²) < 4.78 is 20.3. The minimum absolute atomic E-state index is 0. The summed E-state index contributed by atoms with van der Waals surface area (Å²) in [5, 5.41) is 59.8. The van der Waals surface area contributed by atoms with Crippen LogP contribution in [0, 0.1) is 0 Å². The second-order valence-electron chi connectivity index (χ2n) is 5.79. The Balaban J connectivity index is 0.00000338. The summed E-state index contributed by atoms with van der Waals surface area (Å²) in [6.07, 6.45) is -14.8. The molecule has 5 unspecified atom stereocenters. The Labute approximate surface area is 173 Å². The summed E-state index contributed by atoms with van der Waals surface area (Å²) in [4.78, 5) is 11.0. The molecule has 2 fully saturated rings. The summed E-state index contributed by atoms with van der Waals surface area (Å²) in [5.41, 5.74) is 7.82. The number of aliphatic carboxylic acids is 1. The number of rotatable bonds is 5. The van der Waals surface area contributed by atoms with Crippen LogP contribution in [0.2, 0.25) is 0 Å². The van der Waals surface area contributed by atoms with Crippen molar-refractivity contribution in [3.8, 4) is 0 Å². The van der Waals surface area contributed by atoms with Crippen LogP contribution in [0.15, 0.2) is 0 Å². The number of hydrogen-bond acceptors (Lipinski definition) is 11. The van der Waals surface area contributed by atoms with E-state index in [9.17, 15) is 35.4 Å². The number of methoxy groups -OCH3 is 1. The zero-order valence-electron chi connectivity index (χ0n) is 13.7. The first-order valence-corrected chi connectivity index (χ1v) is 7.47. The second-order valence-corrected chi connectivity index (χ2v) is 5.79. The predicted molar refractivity (Wildman–Crippen MR) is 73.4 cm³/mol. The van der Waals surface area contributed by atoms with Gasteiger partial charge in [0.25, 0.3) is 0 Å². The third kappa shape index (κ3) is 4.77. The van der Waals surface area contributed by atoms with E-state index in [1.165, 1.54) is 7.11 Å². The monoisotopic (exact) mass is 456 g/mol. The van der Waals surface area contributed by atoms with Crippen molar-refractivity contribution < 1.29 is 87.1 Å². The van der Waals surface area contributed by atoms with E-state index in [1.54, 1.807) is 0 Å². The van der Waals surface area contributed by atoms with E-state index >= 15 is 0 Å². The van der Waals surface area contributed by atoms with Crippen LogP contribution in [0.4, 0.5) is 0 Å². The maximum Gasteiger partial charge on any atom is 0.187 e. The number of carbonyl (C=O) groups excluding carboxylic acids is 1. The smallest absolute Gasteiger partial charge is 0.187 e. The van der Waals surface area contributed by atoms with E-state index in [2.05, 4.69) is 0 Å². The number of nitrogens with one attached hydrogen (secondary N) is 1. The van der Waals surface area contributed by atoms with Gasteiger partial charge in [-0.3, -0.25) is 0 Å². The normalized spacial score (nSPS) is 46.4. The van der Waals surface area contributed by atoms with Gasteiger partial charge < -0.3 is 60.1 Å². The average molecular weight is 456 g/mol. The Morgan fingerprint density at radius 2 is 1.69 bits per heavy atom. The van der Waals surface area contributed by atoms with E-state index in [1.807, 2.05) is 0 Å². The van der Waals surface area contributed by atoms with Crippen molar-refractivity contribution in [2.24, 2.45) is 0 Å². The molecule has 10 atom stereocenters. The molecule has 26 heavy (non-hydrogen) atoms. The number of carboxylic acid groups (broad SMARTS) is 1. The first kappa shape index (κ1) is 24.2. The first-order chi connectivity index (χ1) is 11.7. The van der Waals surface area contributed by atoms with Gasteiger partial charge in [0, 0.05) is 39.8 Å². The maximum absolute atomic E-state index is 11.0. The van der Waals surface area contributed by atoms with Gasteiger partial charge >= 0.3 is 0 Å². The Bertz CT molecular complexity index is 469. The molecule has 13 heteroatoms. The number of ether oxygens (including phenoxy) is 4. The van der Waals surface area contributed by atoms with Crippen LogP contribution in [-0.4, -0.2) is 107 Å². The molecular formula is C13H21NO11Y-2.